The Hall–Kier alpha value is -2.26. The summed E-state index contributed by atoms with van der Waals surface area (Å²) >= 11 is 6.13. The van der Waals surface area contributed by atoms with Crippen molar-refractivity contribution in [2.75, 3.05) is 0 Å². The minimum absolute atomic E-state index is 0.310. The molecule has 0 radical (unpaired) electrons. The Balaban J connectivity index is 2.21. The van der Waals surface area contributed by atoms with Gasteiger partial charge in [0, 0.05) is 5.02 Å². The summed E-state index contributed by atoms with van der Waals surface area (Å²) in [5.41, 5.74) is 1.06. The number of carbonyl (C=O) groups is 3. The van der Waals surface area contributed by atoms with Crippen molar-refractivity contribution in [1.82, 2.24) is 0 Å². The Morgan fingerprint density at radius 1 is 0.857 bits per heavy atom. The van der Waals surface area contributed by atoms with Gasteiger partial charge in [-0.15, -0.1) is 0 Å². The van der Waals surface area contributed by atoms with Crippen molar-refractivity contribution < 1.29 is 14.4 Å². The molecular weight excluding hydrogens is 372 g/mol. The van der Waals surface area contributed by atoms with Crippen molar-refractivity contribution in [3.8, 4) is 11.1 Å². The second kappa shape index (κ2) is 6.97. The lowest BCUT2D eigenvalue weighted by molar-refractivity contribution is -0.157. The first kappa shape index (κ1) is 20.5. The molecule has 3 nitrogen and oxygen atoms in total. The Bertz CT molecular complexity index is 955. The molecule has 0 unspecified atom stereocenters. The van der Waals surface area contributed by atoms with Crippen molar-refractivity contribution in [1.29, 1.82) is 0 Å². The molecule has 0 spiro atoms. The number of Topliss-reactive ketones (excluding diaryl/α,β-unsaturated/α-hetero) is 3. The van der Waals surface area contributed by atoms with Crippen LogP contribution in [-0.2, 0) is 20.8 Å². The van der Waals surface area contributed by atoms with Crippen LogP contribution in [0.15, 0.2) is 42.5 Å². The molecule has 4 heteroatoms. The maximum atomic E-state index is 13.3. The molecule has 0 atom stereocenters. The number of carbonyl (C=O) groups excluding carboxylic acids is 3. The number of hydrogen-bond acceptors (Lipinski definition) is 3. The number of aryl methyl sites for hydroxylation is 1. The highest BCUT2D eigenvalue weighted by Crippen LogP contribution is 2.45. The summed E-state index contributed by atoms with van der Waals surface area (Å²) in [6.45, 7) is 8.52. The van der Waals surface area contributed by atoms with Gasteiger partial charge in [0.2, 0.25) is 0 Å². The van der Waals surface area contributed by atoms with E-state index in [0.717, 1.165) is 16.7 Å². The smallest absolute Gasteiger partial charge is 0.160 e. The Morgan fingerprint density at radius 3 is 1.96 bits per heavy atom. The van der Waals surface area contributed by atoms with Crippen molar-refractivity contribution in [3.63, 3.8) is 0 Å². The summed E-state index contributed by atoms with van der Waals surface area (Å²) in [7, 11) is 0. The molecule has 28 heavy (non-hydrogen) atoms. The normalized spacial score (nSPS) is 19.1. The van der Waals surface area contributed by atoms with Crippen LogP contribution in [0.25, 0.3) is 11.1 Å². The van der Waals surface area contributed by atoms with Gasteiger partial charge in [-0.25, -0.2) is 0 Å². The van der Waals surface area contributed by atoms with E-state index in [1.807, 2.05) is 43.3 Å². The number of hydrogen-bond donors (Lipinski definition) is 0. The fraction of sp³-hybridized carbons (Fsp3) is 0.375. The molecule has 0 amide bonds. The van der Waals surface area contributed by atoms with Gasteiger partial charge < -0.3 is 0 Å². The molecule has 0 N–H and O–H groups in total. The summed E-state index contributed by atoms with van der Waals surface area (Å²) < 4.78 is 0. The average Bonchev–Trinajstić information content (AvgIpc) is 2.66. The van der Waals surface area contributed by atoms with Crippen LogP contribution in [-0.4, -0.2) is 17.3 Å². The molecule has 2 aromatic carbocycles. The minimum atomic E-state index is -1.20. The van der Waals surface area contributed by atoms with Gasteiger partial charge in [0.1, 0.15) is 5.92 Å². The zero-order chi connectivity index (χ0) is 20.9. The molecule has 1 aliphatic carbocycles. The van der Waals surface area contributed by atoms with Gasteiger partial charge >= 0.3 is 0 Å². The molecule has 0 aliphatic heterocycles. The van der Waals surface area contributed by atoms with Crippen LogP contribution in [0.4, 0.5) is 0 Å². The van der Waals surface area contributed by atoms with E-state index in [1.165, 1.54) is 0 Å². The molecule has 1 saturated carbocycles. The van der Waals surface area contributed by atoms with E-state index in [1.54, 1.807) is 33.8 Å². The van der Waals surface area contributed by atoms with E-state index in [-0.39, 0.29) is 17.3 Å². The predicted octanol–water partition coefficient (Wildman–Crippen LogP) is 5.43. The van der Waals surface area contributed by atoms with Gasteiger partial charge in [-0.2, -0.15) is 0 Å². The van der Waals surface area contributed by atoms with Gasteiger partial charge in [0.05, 0.1) is 10.8 Å². The minimum Gasteiger partial charge on any atom is -0.298 e. The van der Waals surface area contributed by atoms with E-state index in [2.05, 4.69) is 0 Å². The predicted molar refractivity (Wildman–Crippen MR) is 112 cm³/mol. The van der Waals surface area contributed by atoms with Gasteiger partial charge in [0.15, 0.2) is 17.3 Å². The van der Waals surface area contributed by atoms with Crippen LogP contribution in [0, 0.1) is 10.8 Å². The van der Waals surface area contributed by atoms with Crippen LogP contribution in [0.1, 0.15) is 51.7 Å². The highest BCUT2D eigenvalue weighted by Gasteiger charge is 2.58. The lowest BCUT2D eigenvalue weighted by Crippen LogP contribution is -2.56. The van der Waals surface area contributed by atoms with Crippen LogP contribution in [0.3, 0.4) is 0 Å². The lowest BCUT2D eigenvalue weighted by atomic mass is 9.57. The van der Waals surface area contributed by atoms with E-state index in [9.17, 15) is 14.4 Å². The maximum absolute atomic E-state index is 13.3. The maximum Gasteiger partial charge on any atom is 0.160 e. The van der Waals surface area contributed by atoms with E-state index in [0.29, 0.717) is 17.0 Å². The monoisotopic (exact) mass is 396 g/mol. The van der Waals surface area contributed by atoms with E-state index >= 15 is 0 Å². The quantitative estimate of drug-likeness (QED) is 0.650. The molecule has 3 rings (SSSR count). The second-order valence-electron chi connectivity index (χ2n) is 8.52. The van der Waals surface area contributed by atoms with Gasteiger partial charge in [0.25, 0.3) is 0 Å². The highest BCUT2D eigenvalue weighted by molar-refractivity contribution is 6.31. The molecule has 1 aliphatic rings. The Morgan fingerprint density at radius 2 is 1.43 bits per heavy atom. The Kier molecular flexibility index (Phi) is 5.09. The molecule has 1 fully saturated rings. The number of halogens is 1. The van der Waals surface area contributed by atoms with Crippen LogP contribution in [0.5, 0.6) is 0 Å². The van der Waals surface area contributed by atoms with Crippen LogP contribution in [0.2, 0.25) is 5.02 Å². The first-order chi connectivity index (χ1) is 13.0. The summed E-state index contributed by atoms with van der Waals surface area (Å²) in [6, 6.07) is 13.3. The summed E-state index contributed by atoms with van der Waals surface area (Å²) in [4.78, 5) is 39.3. The number of benzene rings is 2. The molecule has 0 bridgehead atoms. The number of ketones is 3. The molecular formula is C24H25ClO3. The second-order valence-corrected chi connectivity index (χ2v) is 8.95. The third-order valence-corrected chi connectivity index (χ3v) is 6.12. The molecule has 0 heterocycles. The Labute approximate surface area is 171 Å². The molecule has 0 saturated heterocycles. The third kappa shape index (κ3) is 3.12. The topological polar surface area (TPSA) is 51.2 Å². The van der Waals surface area contributed by atoms with Gasteiger partial charge in [-0.1, -0.05) is 42.8 Å². The summed E-state index contributed by atoms with van der Waals surface area (Å²) in [6.07, 6.45) is 0.691. The van der Waals surface area contributed by atoms with Gasteiger partial charge in [-0.05, 0) is 74.6 Å². The number of rotatable bonds is 3. The molecule has 146 valence electrons. The highest BCUT2D eigenvalue weighted by atomic mass is 35.5. The van der Waals surface area contributed by atoms with E-state index in [4.69, 9.17) is 11.6 Å². The van der Waals surface area contributed by atoms with Crippen molar-refractivity contribution in [2.24, 2.45) is 10.8 Å². The van der Waals surface area contributed by atoms with Crippen molar-refractivity contribution in [2.45, 2.75) is 47.0 Å². The lowest BCUT2D eigenvalue weighted by Gasteiger charge is -2.41. The zero-order valence-electron chi connectivity index (χ0n) is 16.9. The van der Waals surface area contributed by atoms with Crippen molar-refractivity contribution >= 4 is 29.0 Å². The molecule has 0 aromatic heterocycles. The average molecular weight is 397 g/mol. The fourth-order valence-electron chi connectivity index (χ4n) is 4.16. The first-order valence-electron chi connectivity index (χ1n) is 9.54. The summed E-state index contributed by atoms with van der Waals surface area (Å²) in [5, 5.41) is 0.622. The fourth-order valence-corrected chi connectivity index (χ4v) is 4.35. The van der Waals surface area contributed by atoms with Crippen LogP contribution >= 0.6 is 11.6 Å². The van der Waals surface area contributed by atoms with E-state index < -0.39 is 16.7 Å². The van der Waals surface area contributed by atoms with Crippen LogP contribution < -0.4 is 0 Å². The first-order valence-corrected chi connectivity index (χ1v) is 9.92. The molecule has 2 aromatic rings. The largest absolute Gasteiger partial charge is 0.298 e. The van der Waals surface area contributed by atoms with Gasteiger partial charge in [-0.3, -0.25) is 14.4 Å². The van der Waals surface area contributed by atoms with Crippen molar-refractivity contribution in [3.05, 3.63) is 58.6 Å². The zero-order valence-corrected chi connectivity index (χ0v) is 17.7. The summed E-state index contributed by atoms with van der Waals surface area (Å²) in [5.74, 6) is -1.88. The standard InChI is InChI=1S/C24H25ClO3/c1-6-14-10-11-16(15-8-7-9-17(25)12-15)13-18(14)19-20(26)23(2,3)22(28)24(4,5)21(19)27/h7-13,19H,6H2,1-5H3. The SMILES string of the molecule is CCc1ccc(-c2cccc(Cl)c2)cc1C1C(=O)C(C)(C)C(=O)C(C)(C)C1=O. The third-order valence-electron chi connectivity index (χ3n) is 5.89.